The summed E-state index contributed by atoms with van der Waals surface area (Å²) in [6.45, 7) is 5.42. The Kier molecular flexibility index (Phi) is 4.76. The summed E-state index contributed by atoms with van der Waals surface area (Å²) in [5.74, 6) is 0.117. The maximum atomic E-state index is 12.0. The number of nitrogens with one attached hydrogen (secondary N) is 1. The molecular weight excluding hydrogens is 310 g/mol. The third-order valence-electron chi connectivity index (χ3n) is 3.27. The summed E-state index contributed by atoms with van der Waals surface area (Å²) in [5, 5.41) is 3.21. The van der Waals surface area contributed by atoms with E-state index in [1.807, 2.05) is 4.90 Å². The summed E-state index contributed by atoms with van der Waals surface area (Å²) in [6.07, 6.45) is 2.11. The van der Waals surface area contributed by atoms with Crippen LogP contribution in [0.5, 0.6) is 0 Å². The second-order valence-electron chi connectivity index (χ2n) is 4.72. The normalized spacial score (nSPS) is 15.6. The molecule has 1 aromatic heterocycles. The van der Waals surface area contributed by atoms with E-state index in [9.17, 15) is 9.59 Å². The lowest BCUT2D eigenvalue weighted by atomic mass is 10.2. The van der Waals surface area contributed by atoms with Crippen molar-refractivity contribution in [1.82, 2.24) is 14.8 Å². The van der Waals surface area contributed by atoms with Crippen LogP contribution >= 0.6 is 15.9 Å². The Morgan fingerprint density at radius 3 is 2.79 bits per heavy atom. The van der Waals surface area contributed by atoms with Gasteiger partial charge in [-0.1, -0.05) is 0 Å². The smallest absolute Gasteiger partial charge is 0.253 e. The van der Waals surface area contributed by atoms with E-state index in [0.29, 0.717) is 18.5 Å². The molecule has 2 heterocycles. The van der Waals surface area contributed by atoms with Crippen molar-refractivity contribution in [2.24, 2.45) is 0 Å². The zero-order valence-corrected chi connectivity index (χ0v) is 12.6. The molecule has 6 heteroatoms. The summed E-state index contributed by atoms with van der Waals surface area (Å²) in [4.78, 5) is 25.8. The fourth-order valence-electron chi connectivity index (χ4n) is 2.19. The first-order valence-electron chi connectivity index (χ1n) is 6.43. The van der Waals surface area contributed by atoms with Crippen molar-refractivity contribution in [2.45, 2.75) is 19.9 Å². The Morgan fingerprint density at radius 1 is 1.42 bits per heavy atom. The second-order valence-corrected chi connectivity index (χ2v) is 5.64. The van der Waals surface area contributed by atoms with Crippen LogP contribution in [0.15, 0.2) is 21.5 Å². The van der Waals surface area contributed by atoms with Crippen molar-refractivity contribution in [3.8, 4) is 0 Å². The lowest BCUT2D eigenvalue weighted by Gasteiger charge is -2.27. The average Bonchev–Trinajstić information content (AvgIpc) is 2.41. The van der Waals surface area contributed by atoms with Crippen molar-refractivity contribution in [2.75, 3.05) is 26.2 Å². The van der Waals surface area contributed by atoms with Crippen LogP contribution in [0, 0.1) is 6.92 Å². The molecule has 1 aromatic rings. The molecule has 0 aliphatic carbocycles. The van der Waals surface area contributed by atoms with Gasteiger partial charge in [-0.25, -0.2) is 0 Å². The Morgan fingerprint density at radius 2 is 2.11 bits per heavy atom. The van der Waals surface area contributed by atoms with E-state index < -0.39 is 0 Å². The minimum absolute atomic E-state index is 0.0312. The molecule has 0 radical (unpaired) electrons. The number of carbonyl (C=O) groups excluding carboxylic acids is 1. The van der Waals surface area contributed by atoms with Gasteiger partial charge in [0.15, 0.2) is 0 Å². The van der Waals surface area contributed by atoms with Crippen molar-refractivity contribution in [3.63, 3.8) is 0 Å². The standard InChI is InChI=1S/C13H18BrN3O2/c1-10-8-11(14)9-17(13(10)19)5-2-12(18)16-6-3-15-4-7-16/h8-9,15H,2-7H2,1H3. The van der Waals surface area contributed by atoms with Crippen LogP contribution in [0.4, 0.5) is 0 Å². The first-order chi connectivity index (χ1) is 9.08. The van der Waals surface area contributed by atoms with Crippen LogP contribution < -0.4 is 10.9 Å². The molecule has 2 rings (SSSR count). The molecule has 1 aliphatic rings. The van der Waals surface area contributed by atoms with Gasteiger partial charge in [-0.3, -0.25) is 9.59 Å². The van der Waals surface area contributed by atoms with Crippen LogP contribution in [0.2, 0.25) is 0 Å². The van der Waals surface area contributed by atoms with Gasteiger partial charge in [0.1, 0.15) is 0 Å². The van der Waals surface area contributed by atoms with E-state index in [-0.39, 0.29) is 11.5 Å². The summed E-state index contributed by atoms with van der Waals surface area (Å²) < 4.78 is 2.46. The third kappa shape index (κ3) is 3.67. The molecule has 104 valence electrons. The zero-order chi connectivity index (χ0) is 13.8. The lowest BCUT2D eigenvalue weighted by Crippen LogP contribution is -2.46. The summed E-state index contributed by atoms with van der Waals surface area (Å²) in [5.41, 5.74) is 0.653. The second kappa shape index (κ2) is 6.34. The Balaban J connectivity index is 1.98. The van der Waals surface area contributed by atoms with E-state index in [4.69, 9.17) is 0 Å². The van der Waals surface area contributed by atoms with Gasteiger partial charge in [-0.15, -0.1) is 0 Å². The summed E-state index contributed by atoms with van der Waals surface area (Å²) in [6, 6.07) is 1.79. The van der Waals surface area contributed by atoms with Gasteiger partial charge in [0.25, 0.3) is 5.56 Å². The van der Waals surface area contributed by atoms with Gasteiger partial charge in [0.05, 0.1) is 0 Å². The first kappa shape index (κ1) is 14.3. The van der Waals surface area contributed by atoms with E-state index in [0.717, 1.165) is 30.7 Å². The van der Waals surface area contributed by atoms with Gasteiger partial charge in [0.2, 0.25) is 5.91 Å². The molecule has 0 unspecified atom stereocenters. The maximum absolute atomic E-state index is 12.0. The molecule has 0 bridgehead atoms. The molecule has 1 N–H and O–H groups in total. The van der Waals surface area contributed by atoms with E-state index in [1.165, 1.54) is 0 Å². The topological polar surface area (TPSA) is 54.3 Å². The fourth-order valence-corrected chi connectivity index (χ4v) is 2.78. The fraction of sp³-hybridized carbons (Fsp3) is 0.538. The minimum Gasteiger partial charge on any atom is -0.340 e. The summed E-state index contributed by atoms with van der Waals surface area (Å²) >= 11 is 3.37. The molecule has 1 fully saturated rings. The van der Waals surface area contributed by atoms with Crippen molar-refractivity contribution in [3.05, 3.63) is 32.7 Å². The number of rotatable bonds is 3. The summed E-state index contributed by atoms with van der Waals surface area (Å²) in [7, 11) is 0. The highest BCUT2D eigenvalue weighted by molar-refractivity contribution is 9.10. The number of hydrogen-bond acceptors (Lipinski definition) is 3. The highest BCUT2D eigenvalue weighted by atomic mass is 79.9. The Bertz CT molecular complexity index is 521. The van der Waals surface area contributed by atoms with E-state index in [1.54, 1.807) is 23.8 Å². The quantitative estimate of drug-likeness (QED) is 0.891. The largest absolute Gasteiger partial charge is 0.340 e. The molecule has 0 spiro atoms. The van der Waals surface area contributed by atoms with Crippen molar-refractivity contribution < 1.29 is 4.79 Å². The number of aryl methyl sites for hydroxylation is 2. The number of amides is 1. The number of nitrogens with zero attached hydrogens (tertiary/aromatic N) is 2. The minimum atomic E-state index is -0.0312. The molecule has 1 saturated heterocycles. The van der Waals surface area contributed by atoms with Crippen molar-refractivity contribution >= 4 is 21.8 Å². The van der Waals surface area contributed by atoms with Gasteiger partial charge in [-0.2, -0.15) is 0 Å². The molecule has 1 aliphatic heterocycles. The van der Waals surface area contributed by atoms with Gasteiger partial charge in [-0.05, 0) is 28.9 Å². The van der Waals surface area contributed by atoms with Gasteiger partial charge < -0.3 is 14.8 Å². The molecule has 1 amide bonds. The van der Waals surface area contributed by atoms with Crippen molar-refractivity contribution in [1.29, 1.82) is 0 Å². The van der Waals surface area contributed by atoms with E-state index >= 15 is 0 Å². The maximum Gasteiger partial charge on any atom is 0.253 e. The van der Waals surface area contributed by atoms with Crippen LogP contribution in [-0.4, -0.2) is 41.6 Å². The number of aromatic nitrogens is 1. The molecule has 0 aromatic carbocycles. The molecule has 5 nitrogen and oxygen atoms in total. The molecular formula is C13H18BrN3O2. The Labute approximate surface area is 120 Å². The predicted molar refractivity (Wildman–Crippen MR) is 77.2 cm³/mol. The van der Waals surface area contributed by atoms with Gasteiger partial charge in [0, 0.05) is 55.4 Å². The lowest BCUT2D eigenvalue weighted by molar-refractivity contribution is -0.132. The number of carbonyl (C=O) groups is 1. The third-order valence-corrected chi connectivity index (χ3v) is 3.70. The monoisotopic (exact) mass is 327 g/mol. The number of halogens is 1. The molecule has 19 heavy (non-hydrogen) atoms. The highest BCUT2D eigenvalue weighted by Crippen LogP contribution is 2.08. The molecule has 0 saturated carbocycles. The highest BCUT2D eigenvalue weighted by Gasteiger charge is 2.16. The zero-order valence-electron chi connectivity index (χ0n) is 11.0. The average molecular weight is 328 g/mol. The van der Waals surface area contributed by atoms with Crippen LogP contribution in [0.1, 0.15) is 12.0 Å². The van der Waals surface area contributed by atoms with Crippen LogP contribution in [0.3, 0.4) is 0 Å². The molecule has 0 atom stereocenters. The SMILES string of the molecule is Cc1cc(Br)cn(CCC(=O)N2CCNCC2)c1=O. The predicted octanol–water partition coefficient (Wildman–Crippen LogP) is 0.741. The number of hydrogen-bond donors (Lipinski definition) is 1. The number of piperazine rings is 1. The van der Waals surface area contributed by atoms with Crippen LogP contribution in [0.25, 0.3) is 0 Å². The van der Waals surface area contributed by atoms with E-state index in [2.05, 4.69) is 21.2 Å². The Hall–Kier alpha value is -1.14. The van der Waals surface area contributed by atoms with Gasteiger partial charge >= 0.3 is 0 Å². The first-order valence-corrected chi connectivity index (χ1v) is 7.22. The van der Waals surface area contributed by atoms with Crippen LogP contribution in [-0.2, 0) is 11.3 Å². The number of pyridine rings is 1.